The van der Waals surface area contributed by atoms with Crippen molar-refractivity contribution in [3.05, 3.63) is 112 Å². The monoisotopic (exact) mass is 576 g/mol. The number of fused-ring (bicyclic) bond motifs is 2. The third-order valence-electron chi connectivity index (χ3n) is 8.07. The number of ether oxygens (including phenoxy) is 1. The molecule has 1 aromatic heterocycles. The van der Waals surface area contributed by atoms with Gasteiger partial charge in [-0.3, -0.25) is 4.90 Å². The van der Waals surface area contributed by atoms with Crippen molar-refractivity contribution in [1.82, 2.24) is 9.88 Å². The van der Waals surface area contributed by atoms with Crippen molar-refractivity contribution in [2.75, 3.05) is 42.5 Å². The molecule has 0 aliphatic carbocycles. The van der Waals surface area contributed by atoms with Crippen LogP contribution in [0.4, 0.5) is 16.3 Å². The van der Waals surface area contributed by atoms with Crippen LogP contribution in [0.1, 0.15) is 22.3 Å². The molecule has 1 fully saturated rings. The van der Waals surface area contributed by atoms with Gasteiger partial charge in [-0.15, -0.1) is 0 Å². The number of nitriles is 1. The molecular weight excluding hydrogens is 548 g/mol. The minimum absolute atomic E-state index is 0.151. The van der Waals surface area contributed by atoms with E-state index in [2.05, 4.69) is 51.0 Å². The number of amides is 1. The third kappa shape index (κ3) is 5.30. The zero-order chi connectivity index (χ0) is 29.1. The smallest absolute Gasteiger partial charge is 0.410 e. The SMILES string of the molecule is [C-]#[N+]CC1CN(c2nc(Cl)c(C#N)c3c2CCN(c2cccc4ccccc24)C3)CCN1C(=O)OCc1ccccc1. The average molecular weight is 577 g/mol. The van der Waals surface area contributed by atoms with Crippen LogP contribution < -0.4 is 9.80 Å². The van der Waals surface area contributed by atoms with E-state index in [4.69, 9.17) is 27.9 Å². The van der Waals surface area contributed by atoms with E-state index < -0.39 is 6.09 Å². The van der Waals surface area contributed by atoms with Crippen LogP contribution in [0, 0.1) is 17.9 Å². The van der Waals surface area contributed by atoms with Crippen LogP contribution in [0.25, 0.3) is 15.6 Å². The largest absolute Gasteiger partial charge is 0.445 e. The lowest BCUT2D eigenvalue weighted by molar-refractivity contribution is 0.0788. The van der Waals surface area contributed by atoms with E-state index >= 15 is 0 Å². The summed E-state index contributed by atoms with van der Waals surface area (Å²) >= 11 is 6.64. The lowest BCUT2D eigenvalue weighted by atomic mass is 9.95. The fourth-order valence-corrected chi connectivity index (χ4v) is 6.23. The highest BCUT2D eigenvalue weighted by atomic mass is 35.5. The van der Waals surface area contributed by atoms with Crippen molar-refractivity contribution in [3.63, 3.8) is 0 Å². The quantitative estimate of drug-likeness (QED) is 0.212. The summed E-state index contributed by atoms with van der Waals surface area (Å²) in [6, 6.07) is 26.1. The second kappa shape index (κ2) is 12.0. The lowest BCUT2D eigenvalue weighted by Gasteiger charge is -2.41. The van der Waals surface area contributed by atoms with Gasteiger partial charge in [0.25, 0.3) is 0 Å². The molecule has 2 aliphatic heterocycles. The predicted octanol–water partition coefficient (Wildman–Crippen LogP) is 6.07. The van der Waals surface area contributed by atoms with E-state index in [-0.39, 0.29) is 24.3 Å². The van der Waals surface area contributed by atoms with E-state index in [1.165, 1.54) is 10.8 Å². The minimum atomic E-state index is -0.425. The Kier molecular flexibility index (Phi) is 7.81. The molecular formula is C33H29ClN6O2. The van der Waals surface area contributed by atoms with Crippen LogP contribution in [0.3, 0.4) is 0 Å². The fraction of sp³-hybridized carbons (Fsp3) is 0.273. The molecule has 42 heavy (non-hydrogen) atoms. The Hall–Kier alpha value is -4.79. The number of anilines is 2. The zero-order valence-electron chi connectivity index (χ0n) is 23.0. The molecule has 2 aliphatic rings. The standard InChI is InChI=1S/C33H29ClN6O2/c1-36-19-25-20-39(16-17-40(25)33(41)42-22-23-8-3-2-4-9-23)32-27-14-15-38(21-29(27)28(18-35)31(34)37-32)30-13-7-11-24-10-5-6-12-26(24)30/h2-13,25H,14-17,19-22H2. The number of pyridine rings is 1. The van der Waals surface area contributed by atoms with Gasteiger partial charge in [0.05, 0.1) is 5.56 Å². The number of carbonyl (C=O) groups excluding carboxylic acids is 1. The molecule has 9 heteroatoms. The highest BCUT2D eigenvalue weighted by molar-refractivity contribution is 6.30. The molecule has 0 radical (unpaired) electrons. The van der Waals surface area contributed by atoms with Crippen molar-refractivity contribution < 1.29 is 9.53 Å². The zero-order valence-corrected chi connectivity index (χ0v) is 23.8. The van der Waals surface area contributed by atoms with Gasteiger partial charge in [-0.1, -0.05) is 78.3 Å². The Morgan fingerprint density at radius 3 is 2.62 bits per heavy atom. The number of hydrogen-bond acceptors (Lipinski definition) is 6. The first-order chi connectivity index (χ1) is 20.6. The first-order valence-electron chi connectivity index (χ1n) is 14.0. The molecule has 0 saturated carbocycles. The number of hydrogen-bond donors (Lipinski definition) is 0. The van der Waals surface area contributed by atoms with E-state index in [1.807, 2.05) is 42.5 Å². The molecule has 1 unspecified atom stereocenters. The van der Waals surface area contributed by atoms with Gasteiger partial charge < -0.3 is 19.4 Å². The van der Waals surface area contributed by atoms with Gasteiger partial charge in [0.1, 0.15) is 29.7 Å². The van der Waals surface area contributed by atoms with Gasteiger partial charge in [-0.05, 0) is 29.0 Å². The maximum atomic E-state index is 13.0. The average Bonchev–Trinajstić information content (AvgIpc) is 3.03. The Balaban J connectivity index is 1.26. The molecule has 0 spiro atoms. The van der Waals surface area contributed by atoms with Crippen LogP contribution in [-0.4, -0.2) is 54.7 Å². The third-order valence-corrected chi connectivity index (χ3v) is 8.34. The van der Waals surface area contributed by atoms with Gasteiger partial charge in [0, 0.05) is 49.4 Å². The molecule has 6 rings (SSSR count). The van der Waals surface area contributed by atoms with Crippen molar-refractivity contribution in [3.8, 4) is 6.07 Å². The van der Waals surface area contributed by atoms with Crippen molar-refractivity contribution in [1.29, 1.82) is 5.26 Å². The second-order valence-electron chi connectivity index (χ2n) is 10.5. The number of rotatable bonds is 5. The summed E-state index contributed by atoms with van der Waals surface area (Å²) in [5, 5.41) is 12.6. The maximum absolute atomic E-state index is 13.0. The van der Waals surface area contributed by atoms with E-state index in [9.17, 15) is 10.1 Å². The van der Waals surface area contributed by atoms with Gasteiger partial charge in [0.2, 0.25) is 6.54 Å². The van der Waals surface area contributed by atoms with Crippen LogP contribution >= 0.6 is 11.6 Å². The molecule has 1 amide bonds. The molecule has 0 bridgehead atoms. The van der Waals surface area contributed by atoms with E-state index in [0.29, 0.717) is 38.2 Å². The Bertz CT molecular complexity index is 1710. The highest BCUT2D eigenvalue weighted by Gasteiger charge is 2.36. The number of carbonyl (C=O) groups is 1. The first kappa shape index (κ1) is 27.4. The number of aromatic nitrogens is 1. The summed E-state index contributed by atoms with van der Waals surface area (Å²) < 4.78 is 5.60. The summed E-state index contributed by atoms with van der Waals surface area (Å²) in [6.45, 7) is 10.5. The molecule has 3 heterocycles. The molecule has 1 saturated heterocycles. The van der Waals surface area contributed by atoms with Crippen LogP contribution in [0.5, 0.6) is 0 Å². The molecule has 4 aromatic rings. The molecule has 210 valence electrons. The summed E-state index contributed by atoms with van der Waals surface area (Å²) in [7, 11) is 0. The Labute approximate surface area is 250 Å². The van der Waals surface area contributed by atoms with Crippen LogP contribution in [-0.2, 0) is 24.3 Å². The summed E-state index contributed by atoms with van der Waals surface area (Å²) in [5.41, 5.74) is 4.33. The number of nitrogens with zero attached hydrogens (tertiary/aromatic N) is 6. The molecule has 8 nitrogen and oxygen atoms in total. The van der Waals surface area contributed by atoms with Crippen LogP contribution in [0.15, 0.2) is 72.8 Å². The topological polar surface area (TPSA) is 77.1 Å². The van der Waals surface area contributed by atoms with Crippen molar-refractivity contribution >= 4 is 40.0 Å². The fourth-order valence-electron chi connectivity index (χ4n) is 6.00. The van der Waals surface area contributed by atoms with Gasteiger partial charge in [-0.25, -0.2) is 16.4 Å². The normalized spacial score (nSPS) is 16.5. The lowest BCUT2D eigenvalue weighted by Crippen LogP contribution is -2.57. The minimum Gasteiger partial charge on any atom is -0.445 e. The van der Waals surface area contributed by atoms with Crippen molar-refractivity contribution in [2.45, 2.75) is 25.6 Å². The number of piperazine rings is 1. The summed E-state index contributed by atoms with van der Waals surface area (Å²) in [5.74, 6) is 0.735. The van der Waals surface area contributed by atoms with E-state index in [0.717, 1.165) is 34.7 Å². The predicted molar refractivity (Wildman–Crippen MR) is 163 cm³/mol. The van der Waals surface area contributed by atoms with Crippen LogP contribution in [0.2, 0.25) is 5.15 Å². The van der Waals surface area contributed by atoms with E-state index in [1.54, 1.807) is 4.90 Å². The van der Waals surface area contributed by atoms with Gasteiger partial charge in [0.15, 0.2) is 0 Å². The highest BCUT2D eigenvalue weighted by Crippen LogP contribution is 2.37. The molecule has 3 aromatic carbocycles. The second-order valence-corrected chi connectivity index (χ2v) is 10.9. The van der Waals surface area contributed by atoms with Gasteiger partial charge >= 0.3 is 6.09 Å². The van der Waals surface area contributed by atoms with Gasteiger partial charge in [-0.2, -0.15) is 5.26 Å². The molecule has 0 N–H and O–H groups in total. The molecule has 1 atom stereocenters. The number of halogens is 1. The summed E-state index contributed by atoms with van der Waals surface area (Å²) in [6.07, 6.45) is 0.269. The number of benzene rings is 3. The Morgan fingerprint density at radius 2 is 1.81 bits per heavy atom. The summed E-state index contributed by atoms with van der Waals surface area (Å²) in [4.78, 5) is 27.4. The first-order valence-corrected chi connectivity index (χ1v) is 14.3. The maximum Gasteiger partial charge on any atom is 0.410 e. The van der Waals surface area contributed by atoms with Crippen molar-refractivity contribution in [2.24, 2.45) is 0 Å². The Morgan fingerprint density at radius 1 is 1.02 bits per heavy atom.